The highest BCUT2D eigenvalue weighted by Crippen LogP contribution is 2.41. The van der Waals surface area contributed by atoms with Gasteiger partial charge < -0.3 is 49.9 Å². The van der Waals surface area contributed by atoms with Gasteiger partial charge in [0, 0.05) is 79.9 Å². The van der Waals surface area contributed by atoms with E-state index in [0.29, 0.717) is 24.2 Å². The summed E-state index contributed by atoms with van der Waals surface area (Å²) in [6.45, 7) is 7.73. The predicted octanol–water partition coefficient (Wildman–Crippen LogP) is 3.89. The molecule has 0 saturated heterocycles. The highest BCUT2D eigenvalue weighted by atomic mass is 32.1. The van der Waals surface area contributed by atoms with E-state index in [1.165, 1.54) is 0 Å². The molecule has 3 aromatic rings. The number of carboxylic acids is 1. The highest BCUT2D eigenvalue weighted by molar-refractivity contribution is 7.80. The van der Waals surface area contributed by atoms with Crippen LogP contribution in [0.25, 0.3) is 11.1 Å². The van der Waals surface area contributed by atoms with Crippen molar-refractivity contribution < 1.29 is 61.6 Å². The van der Waals surface area contributed by atoms with Gasteiger partial charge in [0.1, 0.15) is 17.7 Å². The van der Waals surface area contributed by atoms with Gasteiger partial charge in [0.2, 0.25) is 17.7 Å². The lowest BCUT2D eigenvalue weighted by atomic mass is 9.82. The molecular weight excluding hydrogens is 907 g/mol. The van der Waals surface area contributed by atoms with E-state index in [9.17, 15) is 38.3 Å². The molecule has 1 aromatic heterocycles. The number of halogens is 2. The molecule has 0 saturated carbocycles. The van der Waals surface area contributed by atoms with Crippen molar-refractivity contribution in [1.29, 1.82) is 0 Å². The van der Waals surface area contributed by atoms with Crippen molar-refractivity contribution >= 4 is 48.1 Å². The van der Waals surface area contributed by atoms with E-state index in [-0.39, 0.29) is 115 Å². The number of ether oxygens (including phenoxy) is 4. The maximum Gasteiger partial charge on any atom is 0.327 e. The van der Waals surface area contributed by atoms with Crippen LogP contribution in [-0.2, 0) is 54.3 Å². The topological polar surface area (TPSA) is 221 Å². The number of benzene rings is 2. The number of nitrogens with one attached hydrogen (secondary N) is 2. The fraction of sp³-hybridized carbons (Fsp3) is 0.500. The Labute approximate surface area is 401 Å². The van der Waals surface area contributed by atoms with E-state index >= 15 is 4.39 Å². The van der Waals surface area contributed by atoms with Crippen molar-refractivity contribution in [3.05, 3.63) is 95.8 Å². The predicted molar refractivity (Wildman–Crippen MR) is 251 cm³/mol. The number of carbonyl (C=O) groups is 6. The van der Waals surface area contributed by atoms with Gasteiger partial charge in [0.05, 0.1) is 64.8 Å². The largest absolute Gasteiger partial charge is 0.480 e. The first-order valence-corrected chi connectivity index (χ1v) is 23.1. The molecule has 0 radical (unpaired) electrons. The number of aromatic nitrogens is 1. The van der Waals surface area contributed by atoms with E-state index in [4.69, 9.17) is 24.7 Å². The van der Waals surface area contributed by atoms with Gasteiger partial charge in [0.25, 0.3) is 11.8 Å². The molecule has 372 valence electrons. The van der Waals surface area contributed by atoms with Crippen LogP contribution in [-0.4, -0.2) is 145 Å². The molecule has 0 spiro atoms. The van der Waals surface area contributed by atoms with Gasteiger partial charge in [-0.2, -0.15) is 12.6 Å². The van der Waals surface area contributed by atoms with Gasteiger partial charge >= 0.3 is 5.97 Å². The number of nitrogens with zero attached hydrogens (tertiary/aromatic N) is 3. The molecule has 5 N–H and O–H groups in total. The van der Waals surface area contributed by atoms with E-state index < -0.39 is 58.9 Å². The Morgan fingerprint density at radius 3 is 2.21 bits per heavy atom. The zero-order chi connectivity index (χ0) is 49.6. The minimum absolute atomic E-state index is 0.0137. The summed E-state index contributed by atoms with van der Waals surface area (Å²) in [6, 6.07) is 12.9. The standard InChI is InChI=1S/C48H64F2N6O11S/c1-48(2,3)46(40-26-34(37-27-35(49)10-11-38(37)50)30-54(40)29-33-8-5-4-6-9-33)56(18-7-16-51)45(61)28-36(67-20-15-42(58)53-39(32-68)47(62)63)31-66-25-24-65-23-22-64-21-17-52-41(57)14-19-55-43(59)12-13-44(55)60/h4-6,8-13,26-27,30,36,39,46,68H,7,14-25,28-29,31-32,51H2,1-3H3,(H,52,57)(H,53,58)(H,62,63)/t36?,39-,46+/m1/s1. The van der Waals surface area contributed by atoms with Crippen molar-refractivity contribution in [2.45, 2.75) is 71.2 Å². The lowest BCUT2D eigenvalue weighted by Crippen LogP contribution is -2.45. The molecule has 4 rings (SSSR count). The van der Waals surface area contributed by atoms with Crippen LogP contribution in [0.1, 0.15) is 63.8 Å². The normalized spacial score (nSPS) is 14.0. The molecule has 2 heterocycles. The minimum Gasteiger partial charge on any atom is -0.480 e. The Hall–Kier alpha value is -5.51. The van der Waals surface area contributed by atoms with Crippen molar-refractivity contribution in [3.63, 3.8) is 0 Å². The molecule has 5 amide bonds. The van der Waals surface area contributed by atoms with Gasteiger partial charge in [0.15, 0.2) is 0 Å². The summed E-state index contributed by atoms with van der Waals surface area (Å²) >= 11 is 4.00. The third-order valence-electron chi connectivity index (χ3n) is 10.7. The molecule has 1 unspecified atom stereocenters. The molecule has 1 aliphatic heterocycles. The van der Waals surface area contributed by atoms with E-state index in [1.807, 2.05) is 55.7 Å². The van der Waals surface area contributed by atoms with Crippen LogP contribution in [0.15, 0.2) is 72.9 Å². The molecular formula is C48H64F2N6O11S. The summed E-state index contributed by atoms with van der Waals surface area (Å²) in [7, 11) is 0. The molecule has 1 aliphatic rings. The van der Waals surface area contributed by atoms with Crippen LogP contribution >= 0.6 is 12.6 Å². The van der Waals surface area contributed by atoms with Gasteiger partial charge in [-0.25, -0.2) is 13.6 Å². The molecule has 0 aliphatic carbocycles. The Morgan fingerprint density at radius 2 is 1.56 bits per heavy atom. The molecule has 2 aromatic carbocycles. The number of amides is 5. The summed E-state index contributed by atoms with van der Waals surface area (Å²) in [5, 5.41) is 14.4. The van der Waals surface area contributed by atoms with Crippen molar-refractivity contribution in [3.8, 4) is 11.1 Å². The van der Waals surface area contributed by atoms with Crippen LogP contribution in [0.4, 0.5) is 8.78 Å². The average Bonchev–Trinajstić information content (AvgIpc) is 3.85. The van der Waals surface area contributed by atoms with Crippen LogP contribution < -0.4 is 16.4 Å². The smallest absolute Gasteiger partial charge is 0.327 e. The third-order valence-corrected chi connectivity index (χ3v) is 11.0. The minimum atomic E-state index is -1.24. The first-order valence-electron chi connectivity index (χ1n) is 22.5. The number of imide groups is 1. The highest BCUT2D eigenvalue weighted by Gasteiger charge is 2.38. The first kappa shape index (κ1) is 55.1. The fourth-order valence-corrected chi connectivity index (χ4v) is 7.64. The van der Waals surface area contributed by atoms with Gasteiger partial charge in [-0.15, -0.1) is 0 Å². The number of hydrogen-bond acceptors (Lipinski definition) is 12. The average molecular weight is 971 g/mol. The first-order chi connectivity index (χ1) is 32.5. The Balaban J connectivity index is 1.42. The van der Waals surface area contributed by atoms with Crippen LogP contribution in [0.5, 0.6) is 0 Å². The molecule has 17 nitrogen and oxygen atoms in total. The summed E-state index contributed by atoms with van der Waals surface area (Å²) < 4.78 is 54.9. The Kier molecular flexibility index (Phi) is 22.8. The van der Waals surface area contributed by atoms with Crippen molar-refractivity contribution in [2.75, 3.05) is 78.2 Å². The van der Waals surface area contributed by atoms with Crippen molar-refractivity contribution in [1.82, 2.24) is 25.0 Å². The lowest BCUT2D eigenvalue weighted by Gasteiger charge is -2.41. The number of rotatable bonds is 31. The van der Waals surface area contributed by atoms with Gasteiger partial charge in [-0.1, -0.05) is 51.1 Å². The van der Waals surface area contributed by atoms with Crippen molar-refractivity contribution in [2.24, 2.45) is 11.1 Å². The van der Waals surface area contributed by atoms with Gasteiger partial charge in [-0.3, -0.25) is 28.9 Å². The number of hydrogen-bond donors (Lipinski definition) is 5. The number of aliphatic carboxylic acids is 1. The summed E-state index contributed by atoms with van der Waals surface area (Å²) in [6.07, 6.45) is 3.24. The third kappa shape index (κ3) is 17.9. The maximum atomic E-state index is 15.3. The SMILES string of the molecule is CC(C)(C)[C@H](c1cc(-c2cc(F)ccc2F)cn1Cc1ccccc1)N(CCCN)C(=O)CC(COCCOCCOCCNC(=O)CCN1C(=O)C=CC1=O)OCCC(=O)N[C@H](CS)C(=O)O. The van der Waals surface area contributed by atoms with E-state index in [2.05, 4.69) is 23.3 Å². The quantitative estimate of drug-likeness (QED) is 0.0352. The van der Waals surface area contributed by atoms with E-state index in [1.54, 1.807) is 17.2 Å². The molecule has 20 heteroatoms. The second-order valence-electron chi connectivity index (χ2n) is 17.0. The molecule has 68 heavy (non-hydrogen) atoms. The lowest BCUT2D eigenvalue weighted by molar-refractivity contribution is -0.143. The monoisotopic (exact) mass is 970 g/mol. The Morgan fingerprint density at radius 1 is 0.882 bits per heavy atom. The summed E-state index contributed by atoms with van der Waals surface area (Å²) in [5.74, 6) is -4.68. The molecule has 0 bridgehead atoms. The second-order valence-corrected chi connectivity index (χ2v) is 17.4. The molecule has 3 atom stereocenters. The van der Waals surface area contributed by atoms with Crippen LogP contribution in [0.3, 0.4) is 0 Å². The zero-order valence-corrected chi connectivity index (χ0v) is 39.7. The summed E-state index contributed by atoms with van der Waals surface area (Å²) in [4.78, 5) is 76.9. The zero-order valence-electron chi connectivity index (χ0n) is 38.8. The number of carboxylic acid groups (broad SMARTS) is 1. The van der Waals surface area contributed by atoms with Crippen LogP contribution in [0.2, 0.25) is 0 Å². The number of thiol groups is 1. The van der Waals surface area contributed by atoms with Crippen LogP contribution in [0, 0.1) is 17.0 Å². The summed E-state index contributed by atoms with van der Waals surface area (Å²) in [5.41, 5.74) is 7.55. The van der Waals surface area contributed by atoms with E-state index in [0.717, 1.165) is 40.8 Å². The second kappa shape index (κ2) is 28.1. The molecule has 0 fully saturated rings. The number of carbonyl (C=O) groups excluding carboxylic acids is 5. The maximum absolute atomic E-state index is 15.3. The Bertz CT molecular complexity index is 2150. The fourth-order valence-electron chi connectivity index (χ4n) is 7.39. The van der Waals surface area contributed by atoms with Gasteiger partial charge in [-0.05, 0) is 48.2 Å². The number of nitrogens with two attached hydrogens (primary N) is 1.